The van der Waals surface area contributed by atoms with E-state index in [-0.39, 0.29) is 19.4 Å². The molecule has 0 fully saturated rings. The standard InChI is InChI=1S/C12H13N3O5/c16-9-3-7(4-10(17)12(9)20)5-15-6-8(13-14-15)1-2-11(18)19/h3-4,6,16-17,20H,1-2,5H2,(H,18,19). The average Bonchev–Trinajstić information content (AvgIpc) is 2.81. The molecule has 2 rings (SSSR count). The molecule has 1 heterocycles. The summed E-state index contributed by atoms with van der Waals surface area (Å²) >= 11 is 0. The van der Waals surface area contributed by atoms with Crippen LogP contribution in [-0.4, -0.2) is 41.4 Å². The number of carbonyl (C=O) groups is 1. The number of carboxylic acid groups (broad SMARTS) is 1. The molecule has 0 aliphatic heterocycles. The van der Waals surface area contributed by atoms with Crippen LogP contribution in [0.5, 0.6) is 17.2 Å². The molecule has 0 unspecified atom stereocenters. The number of nitrogens with zero attached hydrogens (tertiary/aromatic N) is 3. The Hall–Kier alpha value is -2.77. The van der Waals surface area contributed by atoms with E-state index < -0.39 is 23.2 Å². The summed E-state index contributed by atoms with van der Waals surface area (Å²) in [5, 5.41) is 44.2. The van der Waals surface area contributed by atoms with Crippen molar-refractivity contribution in [2.45, 2.75) is 19.4 Å². The van der Waals surface area contributed by atoms with Crippen LogP contribution >= 0.6 is 0 Å². The molecule has 106 valence electrons. The number of rotatable bonds is 5. The van der Waals surface area contributed by atoms with Crippen LogP contribution in [0.3, 0.4) is 0 Å². The molecule has 1 aromatic heterocycles. The van der Waals surface area contributed by atoms with Crippen LogP contribution < -0.4 is 0 Å². The van der Waals surface area contributed by atoms with Crippen molar-refractivity contribution in [3.8, 4) is 17.2 Å². The van der Waals surface area contributed by atoms with E-state index in [0.29, 0.717) is 11.3 Å². The summed E-state index contributed by atoms with van der Waals surface area (Å²) in [5.41, 5.74) is 1.06. The molecule has 0 bridgehead atoms. The van der Waals surface area contributed by atoms with Gasteiger partial charge in [0, 0.05) is 12.6 Å². The van der Waals surface area contributed by atoms with Gasteiger partial charge in [-0.2, -0.15) is 0 Å². The summed E-state index contributed by atoms with van der Waals surface area (Å²) in [4.78, 5) is 10.4. The van der Waals surface area contributed by atoms with Crippen LogP contribution in [0.2, 0.25) is 0 Å². The van der Waals surface area contributed by atoms with Crippen molar-refractivity contribution in [1.82, 2.24) is 15.0 Å². The van der Waals surface area contributed by atoms with Crippen molar-refractivity contribution >= 4 is 5.97 Å². The summed E-state index contributed by atoms with van der Waals surface area (Å²) in [6, 6.07) is 2.60. The Morgan fingerprint density at radius 2 is 1.85 bits per heavy atom. The second kappa shape index (κ2) is 5.47. The zero-order valence-electron chi connectivity index (χ0n) is 10.4. The number of hydrogen-bond acceptors (Lipinski definition) is 6. The van der Waals surface area contributed by atoms with Crippen molar-refractivity contribution in [2.75, 3.05) is 0 Å². The number of aromatic nitrogens is 3. The van der Waals surface area contributed by atoms with Crippen molar-refractivity contribution in [1.29, 1.82) is 0 Å². The lowest BCUT2D eigenvalue weighted by Gasteiger charge is -2.05. The predicted molar refractivity (Wildman–Crippen MR) is 66.5 cm³/mol. The van der Waals surface area contributed by atoms with E-state index >= 15 is 0 Å². The lowest BCUT2D eigenvalue weighted by Crippen LogP contribution is -2.00. The van der Waals surface area contributed by atoms with Gasteiger partial charge in [-0.05, 0) is 17.7 Å². The molecule has 20 heavy (non-hydrogen) atoms. The molecule has 2 aromatic rings. The first-order chi connectivity index (χ1) is 9.45. The minimum atomic E-state index is -0.909. The third kappa shape index (κ3) is 3.16. The van der Waals surface area contributed by atoms with Gasteiger partial charge in [0.2, 0.25) is 0 Å². The topological polar surface area (TPSA) is 129 Å². The highest BCUT2D eigenvalue weighted by atomic mass is 16.4. The molecular weight excluding hydrogens is 266 g/mol. The van der Waals surface area contributed by atoms with E-state index in [0.717, 1.165) is 0 Å². The Morgan fingerprint density at radius 1 is 1.20 bits per heavy atom. The Balaban J connectivity index is 2.09. The van der Waals surface area contributed by atoms with Crippen LogP contribution in [0, 0.1) is 0 Å². The van der Waals surface area contributed by atoms with Gasteiger partial charge >= 0.3 is 5.97 Å². The fourth-order valence-corrected chi connectivity index (χ4v) is 1.70. The van der Waals surface area contributed by atoms with E-state index in [1.165, 1.54) is 16.8 Å². The molecule has 0 amide bonds. The molecule has 0 spiro atoms. The normalized spacial score (nSPS) is 10.6. The molecule has 0 saturated carbocycles. The highest BCUT2D eigenvalue weighted by Crippen LogP contribution is 2.35. The van der Waals surface area contributed by atoms with Crippen molar-refractivity contribution in [2.24, 2.45) is 0 Å². The maximum Gasteiger partial charge on any atom is 0.303 e. The first-order valence-electron chi connectivity index (χ1n) is 5.80. The van der Waals surface area contributed by atoms with Gasteiger partial charge in [-0.25, -0.2) is 4.68 Å². The minimum absolute atomic E-state index is 0.0283. The first kappa shape index (κ1) is 13.7. The lowest BCUT2D eigenvalue weighted by molar-refractivity contribution is -0.136. The average molecular weight is 279 g/mol. The van der Waals surface area contributed by atoms with Gasteiger partial charge in [-0.15, -0.1) is 5.10 Å². The van der Waals surface area contributed by atoms with E-state index in [9.17, 15) is 20.1 Å². The maximum atomic E-state index is 10.4. The lowest BCUT2D eigenvalue weighted by atomic mass is 10.2. The Morgan fingerprint density at radius 3 is 2.45 bits per heavy atom. The van der Waals surface area contributed by atoms with E-state index in [4.69, 9.17) is 5.11 Å². The highest BCUT2D eigenvalue weighted by Gasteiger charge is 2.09. The number of hydrogen-bond donors (Lipinski definition) is 4. The Bertz CT molecular complexity index is 615. The number of phenols is 3. The Kier molecular flexibility index (Phi) is 3.74. The highest BCUT2D eigenvalue weighted by molar-refractivity contribution is 5.66. The zero-order chi connectivity index (χ0) is 14.7. The van der Waals surface area contributed by atoms with E-state index in [1.807, 2.05) is 0 Å². The largest absolute Gasteiger partial charge is 0.504 e. The second-order valence-corrected chi connectivity index (χ2v) is 4.28. The third-order valence-corrected chi connectivity index (χ3v) is 2.66. The number of benzene rings is 1. The molecule has 0 saturated heterocycles. The van der Waals surface area contributed by atoms with Crippen molar-refractivity contribution in [3.63, 3.8) is 0 Å². The van der Waals surface area contributed by atoms with Gasteiger partial charge in [0.1, 0.15) is 0 Å². The predicted octanol–water partition coefficient (Wildman–Crippen LogP) is 0.460. The van der Waals surface area contributed by atoms with Crippen molar-refractivity contribution in [3.05, 3.63) is 29.6 Å². The summed E-state index contributed by atoms with van der Waals surface area (Å²) in [6.45, 7) is 0.224. The molecule has 1 aromatic carbocycles. The summed E-state index contributed by atoms with van der Waals surface area (Å²) in [6.07, 6.45) is 1.84. The van der Waals surface area contributed by atoms with Gasteiger partial charge in [-0.3, -0.25) is 4.79 Å². The first-order valence-corrected chi connectivity index (χ1v) is 5.80. The molecule has 4 N–H and O–H groups in total. The fraction of sp³-hybridized carbons (Fsp3) is 0.250. The Labute approximate surface area is 113 Å². The monoisotopic (exact) mass is 279 g/mol. The van der Waals surface area contributed by atoms with Gasteiger partial charge in [-0.1, -0.05) is 5.21 Å². The van der Waals surface area contributed by atoms with E-state index in [2.05, 4.69) is 10.3 Å². The maximum absolute atomic E-state index is 10.4. The smallest absolute Gasteiger partial charge is 0.303 e. The number of carboxylic acids is 1. The summed E-state index contributed by atoms with van der Waals surface area (Å²) in [5.74, 6) is -2.33. The molecule has 8 heteroatoms. The number of aliphatic carboxylic acids is 1. The number of aromatic hydroxyl groups is 3. The SMILES string of the molecule is O=C(O)CCc1cn(Cc2cc(O)c(O)c(O)c2)nn1. The van der Waals surface area contributed by atoms with Gasteiger partial charge < -0.3 is 20.4 Å². The van der Waals surface area contributed by atoms with E-state index in [1.54, 1.807) is 6.20 Å². The molecular formula is C12H13N3O5. The molecule has 8 nitrogen and oxygen atoms in total. The van der Waals surface area contributed by atoms with Crippen LogP contribution in [0.1, 0.15) is 17.7 Å². The van der Waals surface area contributed by atoms with Gasteiger partial charge in [0.05, 0.1) is 18.7 Å². The zero-order valence-corrected chi connectivity index (χ0v) is 10.4. The quantitative estimate of drug-likeness (QED) is 0.585. The minimum Gasteiger partial charge on any atom is -0.504 e. The molecule has 0 aliphatic rings. The van der Waals surface area contributed by atoms with Crippen molar-refractivity contribution < 1.29 is 25.2 Å². The van der Waals surface area contributed by atoms with Crippen LogP contribution in [0.25, 0.3) is 0 Å². The molecule has 0 aliphatic carbocycles. The fourth-order valence-electron chi connectivity index (χ4n) is 1.70. The molecule has 0 atom stereocenters. The molecule has 0 radical (unpaired) electrons. The van der Waals surface area contributed by atoms with Crippen LogP contribution in [-0.2, 0) is 17.8 Å². The summed E-state index contributed by atoms with van der Waals surface area (Å²) in [7, 11) is 0. The van der Waals surface area contributed by atoms with Gasteiger partial charge in [0.15, 0.2) is 17.2 Å². The summed E-state index contributed by atoms with van der Waals surface area (Å²) < 4.78 is 1.45. The van der Waals surface area contributed by atoms with Crippen LogP contribution in [0.15, 0.2) is 18.3 Å². The van der Waals surface area contributed by atoms with Crippen LogP contribution in [0.4, 0.5) is 0 Å². The van der Waals surface area contributed by atoms with Gasteiger partial charge in [0.25, 0.3) is 0 Å². The number of aryl methyl sites for hydroxylation is 1. The third-order valence-electron chi connectivity index (χ3n) is 2.66. The second-order valence-electron chi connectivity index (χ2n) is 4.28. The number of phenolic OH excluding ortho intramolecular Hbond substituents is 3.